The van der Waals surface area contributed by atoms with Crippen LogP contribution in [0.5, 0.6) is 5.75 Å². The number of hydrogen-bond donors (Lipinski definition) is 2. The van der Waals surface area contributed by atoms with Gasteiger partial charge in [-0.1, -0.05) is 15.9 Å². The second-order valence-electron chi connectivity index (χ2n) is 3.23. The highest BCUT2D eigenvalue weighted by Gasteiger charge is 2.16. The SMILES string of the molecule is COc1ccc(S(N)(=O)=O)cc1NS(=O)(=O)CBr. The number of rotatable bonds is 5. The Bertz CT molecular complexity index is 641. The monoisotopic (exact) mass is 358 g/mol. The molecule has 0 fully saturated rings. The van der Waals surface area contributed by atoms with E-state index in [-0.39, 0.29) is 21.0 Å². The summed E-state index contributed by atoms with van der Waals surface area (Å²) in [7, 11) is -6.20. The van der Waals surface area contributed by atoms with Gasteiger partial charge in [-0.15, -0.1) is 0 Å². The summed E-state index contributed by atoms with van der Waals surface area (Å²) in [5.74, 6) is 0.187. The molecule has 0 aromatic heterocycles. The quantitative estimate of drug-likeness (QED) is 0.740. The van der Waals surface area contributed by atoms with Gasteiger partial charge in [0.05, 0.1) is 17.7 Å². The van der Waals surface area contributed by atoms with Crippen LogP contribution in [0.2, 0.25) is 0 Å². The Hall–Kier alpha value is -0.840. The van der Waals surface area contributed by atoms with Gasteiger partial charge in [-0.3, -0.25) is 4.72 Å². The number of anilines is 1. The van der Waals surface area contributed by atoms with Gasteiger partial charge in [0, 0.05) is 0 Å². The molecule has 0 saturated carbocycles. The average Bonchev–Trinajstić information content (AvgIpc) is 2.27. The molecule has 0 aliphatic carbocycles. The lowest BCUT2D eigenvalue weighted by molar-refractivity contribution is 0.416. The van der Waals surface area contributed by atoms with Crippen LogP contribution < -0.4 is 14.6 Å². The van der Waals surface area contributed by atoms with E-state index in [1.807, 2.05) is 0 Å². The number of nitrogens with one attached hydrogen (secondary N) is 1. The second kappa shape index (κ2) is 5.43. The fourth-order valence-corrected chi connectivity index (χ4v) is 2.57. The first-order chi connectivity index (χ1) is 8.19. The number of halogens is 1. The van der Waals surface area contributed by atoms with Crippen molar-refractivity contribution in [2.75, 3.05) is 16.5 Å². The van der Waals surface area contributed by atoms with Gasteiger partial charge in [0.1, 0.15) is 10.4 Å². The summed E-state index contributed by atoms with van der Waals surface area (Å²) < 4.78 is 51.9. The number of sulfonamides is 2. The third-order valence-electron chi connectivity index (χ3n) is 1.91. The molecule has 0 bridgehead atoms. The summed E-state index contributed by atoms with van der Waals surface area (Å²) in [5.41, 5.74) is 0.00322. The highest BCUT2D eigenvalue weighted by atomic mass is 79.9. The zero-order valence-corrected chi connectivity index (χ0v) is 12.5. The summed E-state index contributed by atoms with van der Waals surface area (Å²) in [4.78, 5) is -0.212. The minimum Gasteiger partial charge on any atom is -0.495 e. The van der Waals surface area contributed by atoms with Gasteiger partial charge in [0.25, 0.3) is 0 Å². The van der Waals surface area contributed by atoms with Crippen molar-refractivity contribution in [2.45, 2.75) is 4.90 Å². The van der Waals surface area contributed by atoms with Crippen molar-refractivity contribution in [1.82, 2.24) is 0 Å². The highest BCUT2D eigenvalue weighted by molar-refractivity contribution is 9.10. The lowest BCUT2D eigenvalue weighted by atomic mass is 10.3. The molecule has 18 heavy (non-hydrogen) atoms. The normalized spacial score (nSPS) is 12.2. The maximum absolute atomic E-state index is 11.4. The molecule has 0 saturated heterocycles. The molecule has 3 N–H and O–H groups in total. The molecule has 102 valence electrons. The molecule has 0 radical (unpaired) electrons. The van der Waals surface area contributed by atoms with E-state index >= 15 is 0 Å². The molecule has 1 rings (SSSR count). The topological polar surface area (TPSA) is 116 Å². The number of ether oxygens (including phenoxy) is 1. The van der Waals surface area contributed by atoms with Crippen LogP contribution in [0.15, 0.2) is 23.1 Å². The molecule has 0 atom stereocenters. The molecular formula is C8H11BrN2O5S2. The van der Waals surface area contributed by atoms with Crippen LogP contribution in [0.25, 0.3) is 0 Å². The molecule has 0 aliphatic heterocycles. The highest BCUT2D eigenvalue weighted by Crippen LogP contribution is 2.28. The molecule has 0 spiro atoms. The maximum atomic E-state index is 11.4. The lowest BCUT2D eigenvalue weighted by Gasteiger charge is -2.11. The number of alkyl halides is 1. The van der Waals surface area contributed by atoms with Gasteiger partial charge in [-0.25, -0.2) is 22.0 Å². The van der Waals surface area contributed by atoms with E-state index in [0.717, 1.165) is 6.07 Å². The van der Waals surface area contributed by atoms with Gasteiger partial charge < -0.3 is 4.74 Å². The molecular weight excluding hydrogens is 348 g/mol. The first-order valence-electron chi connectivity index (χ1n) is 4.47. The van der Waals surface area contributed by atoms with Crippen LogP contribution in [0.4, 0.5) is 5.69 Å². The zero-order valence-electron chi connectivity index (χ0n) is 9.25. The summed E-state index contributed by atoms with van der Waals surface area (Å²) in [6.45, 7) is 0. The number of benzene rings is 1. The Morgan fingerprint density at radius 1 is 1.33 bits per heavy atom. The van der Waals surface area contributed by atoms with Crippen LogP contribution >= 0.6 is 15.9 Å². The Morgan fingerprint density at radius 3 is 2.39 bits per heavy atom. The fourth-order valence-electron chi connectivity index (χ4n) is 1.14. The van der Waals surface area contributed by atoms with Crippen LogP contribution in [0, 0.1) is 0 Å². The smallest absolute Gasteiger partial charge is 0.242 e. The minimum atomic E-state index is -3.91. The molecule has 7 nitrogen and oxygen atoms in total. The Labute approximate surface area is 114 Å². The molecule has 0 unspecified atom stereocenters. The minimum absolute atomic E-state index is 0.00322. The van der Waals surface area contributed by atoms with Crippen molar-refractivity contribution in [3.63, 3.8) is 0 Å². The van der Waals surface area contributed by atoms with Crippen molar-refractivity contribution in [1.29, 1.82) is 0 Å². The fraction of sp³-hybridized carbons (Fsp3) is 0.250. The van der Waals surface area contributed by atoms with Crippen LogP contribution in [-0.4, -0.2) is 28.6 Å². The van der Waals surface area contributed by atoms with E-state index in [2.05, 4.69) is 20.7 Å². The molecule has 0 heterocycles. The van der Waals surface area contributed by atoms with Crippen molar-refractivity contribution in [2.24, 2.45) is 5.14 Å². The zero-order chi connectivity index (χ0) is 14.0. The first kappa shape index (κ1) is 15.2. The average molecular weight is 359 g/mol. The van der Waals surface area contributed by atoms with Crippen LogP contribution in [0.3, 0.4) is 0 Å². The summed E-state index contributed by atoms with van der Waals surface area (Å²) in [6.07, 6.45) is 0. The van der Waals surface area contributed by atoms with Gasteiger partial charge in [-0.05, 0) is 18.2 Å². The second-order valence-corrected chi connectivity index (χ2v) is 7.82. The molecule has 1 aromatic rings. The lowest BCUT2D eigenvalue weighted by Crippen LogP contribution is -2.16. The number of methoxy groups -OCH3 is 1. The Balaban J connectivity index is 3.32. The Morgan fingerprint density at radius 2 is 1.94 bits per heavy atom. The van der Waals surface area contributed by atoms with E-state index in [9.17, 15) is 16.8 Å². The van der Waals surface area contributed by atoms with Gasteiger partial charge in [-0.2, -0.15) is 0 Å². The van der Waals surface area contributed by atoms with E-state index in [1.54, 1.807) is 0 Å². The van der Waals surface area contributed by atoms with Crippen molar-refractivity contribution < 1.29 is 21.6 Å². The predicted molar refractivity (Wildman–Crippen MR) is 70.7 cm³/mol. The van der Waals surface area contributed by atoms with Crippen molar-refractivity contribution >= 4 is 41.7 Å². The van der Waals surface area contributed by atoms with Crippen LogP contribution in [-0.2, 0) is 20.0 Å². The third kappa shape index (κ3) is 3.83. The molecule has 0 amide bonds. The number of primary sulfonamides is 1. The van der Waals surface area contributed by atoms with Gasteiger partial charge in [0.2, 0.25) is 20.0 Å². The Kier molecular flexibility index (Phi) is 4.59. The van der Waals surface area contributed by atoms with E-state index < -0.39 is 20.0 Å². The standard InChI is InChI=1S/C8H11BrN2O5S2/c1-16-8-3-2-6(18(10,14)15)4-7(8)11-17(12,13)5-9/h2-4,11H,5H2,1H3,(H2,10,14,15). The number of hydrogen-bond acceptors (Lipinski definition) is 5. The van der Waals surface area contributed by atoms with Crippen molar-refractivity contribution in [3.05, 3.63) is 18.2 Å². The van der Waals surface area contributed by atoms with Crippen LogP contribution in [0.1, 0.15) is 0 Å². The van der Waals surface area contributed by atoms with Crippen molar-refractivity contribution in [3.8, 4) is 5.75 Å². The van der Waals surface area contributed by atoms with E-state index in [4.69, 9.17) is 9.88 Å². The largest absolute Gasteiger partial charge is 0.495 e. The molecule has 0 aliphatic rings. The number of nitrogens with two attached hydrogens (primary N) is 1. The molecule has 1 aromatic carbocycles. The van der Waals surface area contributed by atoms with Gasteiger partial charge >= 0.3 is 0 Å². The predicted octanol–water partition coefficient (Wildman–Crippen LogP) is 0.437. The summed E-state index contributed by atoms with van der Waals surface area (Å²) in [5, 5.41) is 4.96. The summed E-state index contributed by atoms with van der Waals surface area (Å²) in [6, 6.07) is 3.63. The first-order valence-corrected chi connectivity index (χ1v) is 8.79. The third-order valence-corrected chi connectivity index (χ3v) is 5.45. The molecule has 10 heteroatoms. The van der Waals surface area contributed by atoms with Gasteiger partial charge in [0.15, 0.2) is 0 Å². The van der Waals surface area contributed by atoms with E-state index in [0.29, 0.717) is 0 Å². The van der Waals surface area contributed by atoms with E-state index in [1.165, 1.54) is 19.2 Å². The summed E-state index contributed by atoms with van der Waals surface area (Å²) >= 11 is 2.80. The maximum Gasteiger partial charge on any atom is 0.242 e.